The molecule has 0 radical (unpaired) electrons. The molecule has 6 unspecified atom stereocenters. The summed E-state index contributed by atoms with van der Waals surface area (Å²) in [6, 6.07) is 38.5. The summed E-state index contributed by atoms with van der Waals surface area (Å²) < 4.78 is 46.1. The van der Waals surface area contributed by atoms with Crippen LogP contribution in [0.1, 0.15) is 109 Å². The third-order valence-corrected chi connectivity index (χ3v) is 13.0. The van der Waals surface area contributed by atoms with Gasteiger partial charge in [0.05, 0.1) is 18.9 Å². The van der Waals surface area contributed by atoms with Crippen molar-refractivity contribution in [1.82, 2.24) is 0 Å². The average Bonchev–Trinajstić information content (AvgIpc) is 3.31. The molecule has 8 rings (SSSR count). The second-order valence-corrected chi connectivity index (χ2v) is 17.3. The Hall–Kier alpha value is -5.72. The topological polar surface area (TPSA) is 112 Å². The Morgan fingerprint density at radius 1 is 0.600 bits per heavy atom. The first-order valence-electron chi connectivity index (χ1n) is 21.8. The van der Waals surface area contributed by atoms with Crippen LogP contribution in [-0.4, -0.2) is 29.6 Å². The molecule has 0 fully saturated rings. The van der Waals surface area contributed by atoms with Crippen molar-refractivity contribution in [3.63, 3.8) is 0 Å². The van der Waals surface area contributed by atoms with Crippen LogP contribution in [0.3, 0.4) is 0 Å². The van der Waals surface area contributed by atoms with E-state index in [0.717, 1.165) is 87.3 Å². The minimum absolute atomic E-state index is 0. The molecule has 0 spiro atoms. The van der Waals surface area contributed by atoms with Gasteiger partial charge >= 0.3 is 30.8 Å². The van der Waals surface area contributed by atoms with Gasteiger partial charge in [0.15, 0.2) is 0 Å². The number of ether oxygens (including phenoxy) is 3. The maximum atomic E-state index is 14.3. The van der Waals surface area contributed by atoms with Crippen LogP contribution in [-0.2, 0) is 27.2 Å². The average molecular weight is 875 g/mol. The summed E-state index contributed by atoms with van der Waals surface area (Å²) >= 11 is 0. The van der Waals surface area contributed by atoms with E-state index in [1.54, 1.807) is 19.1 Å². The second kappa shape index (κ2) is 22.0. The van der Waals surface area contributed by atoms with E-state index in [1.165, 1.54) is 24.8 Å². The van der Waals surface area contributed by atoms with Crippen LogP contribution in [0.5, 0.6) is 11.5 Å². The second-order valence-electron chi connectivity index (χ2n) is 17.3. The zero-order valence-corrected chi connectivity index (χ0v) is 38.5. The monoisotopic (exact) mass is 874 g/mol. The fourth-order valence-electron chi connectivity index (χ4n) is 8.46. The Bertz CT molecular complexity index is 2590. The van der Waals surface area contributed by atoms with Crippen molar-refractivity contribution >= 4 is 11.9 Å². The van der Waals surface area contributed by atoms with Gasteiger partial charge in [-0.15, -0.1) is 0 Å². The molecule has 0 amide bonds. The predicted molar refractivity (Wildman–Crippen MR) is 246 cm³/mol. The fourth-order valence-corrected chi connectivity index (χ4v) is 8.46. The molecule has 10 heteroatoms. The van der Waals surface area contributed by atoms with Gasteiger partial charge in [-0.05, 0) is 132 Å². The number of carboxylic acid groups (broad SMARTS) is 1. The number of methoxy groups -OCH3 is 1. The number of hydrogen-bond donors (Lipinski definition) is 1. The summed E-state index contributed by atoms with van der Waals surface area (Å²) in [4.78, 5) is 23.3. The standard InChI is InChI=1S/C28H29FO3.C27H27FO3.Li.H2O/c1-17-5-13-25(29)24(15-17)20-6-8-21(9-7-20)26-14-12-22-10-11-23(16-27(22)32-26)18(2)19(3)28(30)31-4;1-16-4-12-24(28)23(14-16)19-5-7-20(8-6-19)25-13-11-21-9-10-22(15-26(21)31-25)17(2)18(3)27(29)30;;/h5-11,13,15-16,18-19,26H,12,14H2,1-4H3;4-10,12,14-15,17-18,25H,11,13H2,1-3H3,(H,29,30);;1H2/q;;+1;/p-1. The molecule has 0 bridgehead atoms. The fraction of sp³-hybridized carbons (Fsp3) is 0.309. The summed E-state index contributed by atoms with van der Waals surface area (Å²) in [5.74, 6) is -0.515. The van der Waals surface area contributed by atoms with E-state index in [0.29, 0.717) is 11.1 Å². The normalized spacial score (nSPS) is 16.7. The third-order valence-electron chi connectivity index (χ3n) is 13.0. The number of rotatable bonds is 10. The first kappa shape index (κ1) is 50.3. The van der Waals surface area contributed by atoms with E-state index in [4.69, 9.17) is 14.2 Å². The minimum atomic E-state index is -0.797. The molecular weight excluding hydrogens is 818 g/mol. The number of esters is 1. The van der Waals surface area contributed by atoms with Gasteiger partial charge < -0.3 is 24.8 Å². The molecular formula is C55H57F2LiO7. The van der Waals surface area contributed by atoms with E-state index >= 15 is 0 Å². The Balaban J connectivity index is 0.000000237. The van der Waals surface area contributed by atoms with Crippen LogP contribution in [0.2, 0.25) is 0 Å². The Kier molecular flexibility index (Phi) is 17.0. The van der Waals surface area contributed by atoms with Gasteiger partial charge in [-0.1, -0.05) is 124 Å². The quantitative estimate of drug-likeness (QED) is 0.108. The summed E-state index contributed by atoms with van der Waals surface area (Å²) in [6.45, 7) is 11.5. The van der Waals surface area contributed by atoms with Gasteiger partial charge in [-0.2, -0.15) is 0 Å². The van der Waals surface area contributed by atoms with Crippen molar-refractivity contribution in [3.05, 3.63) is 177 Å². The van der Waals surface area contributed by atoms with Crippen molar-refractivity contribution in [3.8, 4) is 33.8 Å². The molecule has 65 heavy (non-hydrogen) atoms. The maximum Gasteiger partial charge on any atom is 1.00 e. The molecule has 0 saturated carbocycles. The van der Waals surface area contributed by atoms with E-state index in [9.17, 15) is 23.5 Å². The van der Waals surface area contributed by atoms with Crippen molar-refractivity contribution in [2.45, 2.75) is 91.3 Å². The van der Waals surface area contributed by atoms with E-state index in [2.05, 4.69) is 24.3 Å². The summed E-state index contributed by atoms with van der Waals surface area (Å²) in [6.07, 6.45) is 3.45. The first-order valence-corrected chi connectivity index (χ1v) is 21.8. The van der Waals surface area contributed by atoms with Gasteiger partial charge in [0.25, 0.3) is 0 Å². The molecule has 0 aliphatic carbocycles. The molecule has 6 atom stereocenters. The molecule has 6 aromatic rings. The molecule has 2 aliphatic rings. The number of hydrogen-bond acceptors (Lipinski definition) is 6. The molecule has 0 saturated heterocycles. The number of carbonyl (C=O) groups is 2. The maximum absolute atomic E-state index is 14.3. The van der Waals surface area contributed by atoms with Gasteiger partial charge in [0, 0.05) is 11.1 Å². The van der Waals surface area contributed by atoms with E-state index in [-0.39, 0.29) is 71.9 Å². The van der Waals surface area contributed by atoms with E-state index < -0.39 is 11.9 Å². The van der Waals surface area contributed by atoms with Crippen molar-refractivity contribution in [1.29, 1.82) is 0 Å². The SMILES string of the molecule is COC(=O)C(C)C(C)c1ccc2c(c1)OC(c1ccc(-c3cc(C)ccc3F)cc1)CC2.Cc1ccc(F)c(-c2ccc(C3CCc4ccc(C(C)C(C)C(=O)O)cc4O3)cc2)c1.[Li+].[OH-]. The molecule has 7 nitrogen and oxygen atoms in total. The molecule has 0 aromatic heterocycles. The van der Waals surface area contributed by atoms with Crippen LogP contribution in [0.4, 0.5) is 8.78 Å². The summed E-state index contributed by atoms with van der Waals surface area (Å²) in [5, 5.41) is 9.33. The summed E-state index contributed by atoms with van der Waals surface area (Å²) in [7, 11) is 1.42. The first-order chi connectivity index (χ1) is 30.2. The molecule has 6 aromatic carbocycles. The van der Waals surface area contributed by atoms with Crippen LogP contribution in [0, 0.1) is 37.3 Å². The minimum Gasteiger partial charge on any atom is -0.870 e. The molecule has 2 N–H and O–H groups in total. The van der Waals surface area contributed by atoms with Gasteiger partial charge in [0.1, 0.15) is 35.3 Å². The van der Waals surface area contributed by atoms with Crippen LogP contribution in [0.15, 0.2) is 121 Å². The number of carboxylic acids is 1. The number of carbonyl (C=O) groups excluding carboxylic acids is 1. The Morgan fingerprint density at radius 2 is 1.00 bits per heavy atom. The van der Waals surface area contributed by atoms with Gasteiger partial charge in [-0.25, -0.2) is 8.78 Å². The number of aliphatic carboxylic acids is 1. The van der Waals surface area contributed by atoms with Gasteiger partial charge in [-0.3, -0.25) is 9.59 Å². The van der Waals surface area contributed by atoms with Crippen molar-refractivity contribution < 1.29 is 62.0 Å². The Morgan fingerprint density at radius 3 is 1.38 bits per heavy atom. The number of aryl methyl sites for hydroxylation is 4. The number of benzene rings is 6. The van der Waals surface area contributed by atoms with Crippen molar-refractivity contribution in [2.24, 2.45) is 11.8 Å². The molecule has 334 valence electrons. The van der Waals surface area contributed by atoms with Crippen LogP contribution in [0.25, 0.3) is 22.3 Å². The van der Waals surface area contributed by atoms with Crippen molar-refractivity contribution in [2.75, 3.05) is 7.11 Å². The molecule has 2 aliphatic heterocycles. The number of fused-ring (bicyclic) bond motifs is 2. The van der Waals surface area contributed by atoms with Crippen LogP contribution >= 0.6 is 0 Å². The zero-order chi connectivity index (χ0) is 44.9. The van der Waals surface area contributed by atoms with E-state index in [1.807, 2.05) is 107 Å². The van der Waals surface area contributed by atoms with Crippen LogP contribution < -0.4 is 28.3 Å². The zero-order valence-electron chi connectivity index (χ0n) is 38.5. The third kappa shape index (κ3) is 11.6. The molecule has 2 heterocycles. The Labute approximate surface area is 393 Å². The number of halogens is 2. The summed E-state index contributed by atoms with van der Waals surface area (Å²) in [5.41, 5.74) is 11.5. The predicted octanol–water partition coefficient (Wildman–Crippen LogP) is 10.3. The smallest absolute Gasteiger partial charge is 0.870 e. The largest absolute Gasteiger partial charge is 1.00 e. The van der Waals surface area contributed by atoms with Gasteiger partial charge in [0.2, 0.25) is 0 Å².